The Morgan fingerprint density at radius 3 is 2.77 bits per heavy atom. The molecule has 1 unspecified atom stereocenters. The minimum atomic E-state index is -0.271. The molecule has 0 spiro atoms. The predicted molar refractivity (Wildman–Crippen MR) is 49.1 cm³/mol. The lowest BCUT2D eigenvalue weighted by Crippen LogP contribution is -2.41. The highest BCUT2D eigenvalue weighted by atomic mass is 16.2. The maximum atomic E-state index is 11.5. The summed E-state index contributed by atoms with van der Waals surface area (Å²) in [4.78, 5) is 24.3. The van der Waals surface area contributed by atoms with Gasteiger partial charge in [0.25, 0.3) is 0 Å². The molecule has 74 valence electrons. The number of rotatable bonds is 3. The molecule has 4 nitrogen and oxygen atoms in total. The summed E-state index contributed by atoms with van der Waals surface area (Å²) < 4.78 is 0. The van der Waals surface area contributed by atoms with Crippen LogP contribution in [-0.4, -0.2) is 35.8 Å². The molecule has 2 amide bonds. The molecule has 1 heterocycles. The zero-order valence-electron chi connectivity index (χ0n) is 8.17. The van der Waals surface area contributed by atoms with E-state index in [2.05, 4.69) is 5.32 Å². The Hall–Kier alpha value is -1.06. The molecule has 1 aliphatic rings. The van der Waals surface area contributed by atoms with Gasteiger partial charge in [-0.05, 0) is 13.3 Å². The van der Waals surface area contributed by atoms with Crippen LogP contribution < -0.4 is 5.32 Å². The monoisotopic (exact) mass is 184 g/mol. The second-order valence-electron chi connectivity index (χ2n) is 3.18. The minimum Gasteiger partial charge on any atom is -0.344 e. The first kappa shape index (κ1) is 10.0. The highest BCUT2D eigenvalue weighted by molar-refractivity contribution is 5.89. The summed E-state index contributed by atoms with van der Waals surface area (Å²) in [6.07, 6.45) is 1.19. The van der Waals surface area contributed by atoms with Gasteiger partial charge in [0, 0.05) is 19.5 Å². The normalized spacial score (nSPS) is 22.2. The zero-order chi connectivity index (χ0) is 9.84. The molecule has 13 heavy (non-hydrogen) atoms. The number of likely N-dealkylation sites (tertiary alicyclic amines) is 1. The van der Waals surface area contributed by atoms with E-state index in [4.69, 9.17) is 0 Å². The molecule has 0 aromatic heterocycles. The van der Waals surface area contributed by atoms with Crippen LogP contribution in [0.15, 0.2) is 0 Å². The lowest BCUT2D eigenvalue weighted by atomic mass is 10.2. The second-order valence-corrected chi connectivity index (χ2v) is 3.18. The van der Waals surface area contributed by atoms with Gasteiger partial charge < -0.3 is 10.2 Å². The number of carbonyl (C=O) groups is 2. The fraction of sp³-hybridized carbons (Fsp3) is 0.778. The van der Waals surface area contributed by atoms with E-state index >= 15 is 0 Å². The van der Waals surface area contributed by atoms with Gasteiger partial charge in [-0.25, -0.2) is 0 Å². The molecule has 4 heteroatoms. The van der Waals surface area contributed by atoms with Gasteiger partial charge in [0.1, 0.15) is 6.04 Å². The van der Waals surface area contributed by atoms with Crippen LogP contribution in [0, 0.1) is 0 Å². The van der Waals surface area contributed by atoms with Gasteiger partial charge in [-0.3, -0.25) is 9.59 Å². The van der Waals surface area contributed by atoms with Gasteiger partial charge in [0.15, 0.2) is 0 Å². The van der Waals surface area contributed by atoms with Crippen LogP contribution in [0.25, 0.3) is 0 Å². The van der Waals surface area contributed by atoms with E-state index in [0.29, 0.717) is 6.42 Å². The van der Waals surface area contributed by atoms with Crippen LogP contribution in [0.3, 0.4) is 0 Å². The Labute approximate surface area is 78.3 Å². The van der Waals surface area contributed by atoms with Crippen molar-refractivity contribution in [2.45, 2.75) is 32.7 Å². The first-order valence-electron chi connectivity index (χ1n) is 4.77. The first-order valence-corrected chi connectivity index (χ1v) is 4.77. The highest BCUT2D eigenvalue weighted by Gasteiger charge is 2.30. The Morgan fingerprint density at radius 2 is 2.31 bits per heavy atom. The molecule has 0 aromatic carbocycles. The third-order valence-corrected chi connectivity index (χ3v) is 2.34. The Morgan fingerprint density at radius 1 is 1.62 bits per heavy atom. The molecular formula is C9H16N2O2. The number of carbonyl (C=O) groups excluding carboxylic acids is 2. The molecule has 1 saturated heterocycles. The zero-order valence-corrected chi connectivity index (χ0v) is 8.17. The van der Waals surface area contributed by atoms with Crippen molar-refractivity contribution in [1.29, 1.82) is 0 Å². The summed E-state index contributed by atoms with van der Waals surface area (Å²) in [6, 6.07) is -0.271. The molecule has 1 aliphatic heterocycles. The molecule has 1 rings (SSSR count). The van der Waals surface area contributed by atoms with Gasteiger partial charge in [0.2, 0.25) is 11.8 Å². The van der Waals surface area contributed by atoms with Crippen molar-refractivity contribution < 1.29 is 9.59 Å². The van der Waals surface area contributed by atoms with Gasteiger partial charge in [-0.15, -0.1) is 0 Å². The third-order valence-electron chi connectivity index (χ3n) is 2.34. The molecule has 1 atom stereocenters. The second kappa shape index (κ2) is 4.25. The number of likely N-dealkylation sites (N-methyl/N-ethyl adjacent to an activating group) is 1. The number of nitrogens with zero attached hydrogens (tertiary/aromatic N) is 1. The van der Waals surface area contributed by atoms with E-state index in [1.165, 1.54) is 0 Å². The van der Waals surface area contributed by atoms with E-state index in [0.717, 1.165) is 19.5 Å². The molecule has 1 fully saturated rings. The maximum Gasteiger partial charge on any atom is 0.245 e. The fourth-order valence-electron chi connectivity index (χ4n) is 1.48. The summed E-state index contributed by atoms with van der Waals surface area (Å²) in [5, 5.41) is 2.71. The molecule has 0 aliphatic carbocycles. The quantitative estimate of drug-likeness (QED) is 0.678. The van der Waals surface area contributed by atoms with Gasteiger partial charge >= 0.3 is 0 Å². The Balaban J connectivity index is 2.45. The van der Waals surface area contributed by atoms with Crippen molar-refractivity contribution in [3.63, 3.8) is 0 Å². The van der Waals surface area contributed by atoms with Crippen molar-refractivity contribution in [2.75, 3.05) is 13.1 Å². The molecule has 0 bridgehead atoms. The average Bonchev–Trinajstić information content (AvgIpc) is 2.48. The van der Waals surface area contributed by atoms with Crippen LogP contribution in [0.5, 0.6) is 0 Å². The van der Waals surface area contributed by atoms with Gasteiger partial charge in [-0.2, -0.15) is 0 Å². The summed E-state index contributed by atoms with van der Waals surface area (Å²) in [6.45, 7) is 5.23. The summed E-state index contributed by atoms with van der Waals surface area (Å²) in [5.41, 5.74) is 0. The van der Waals surface area contributed by atoms with Crippen molar-refractivity contribution in [3.05, 3.63) is 0 Å². The number of hydrogen-bond acceptors (Lipinski definition) is 2. The smallest absolute Gasteiger partial charge is 0.245 e. The van der Waals surface area contributed by atoms with E-state index in [-0.39, 0.29) is 17.9 Å². The molecule has 0 aromatic rings. The molecule has 0 radical (unpaired) electrons. The molecular weight excluding hydrogens is 168 g/mol. The largest absolute Gasteiger partial charge is 0.344 e. The average molecular weight is 184 g/mol. The molecule has 0 saturated carbocycles. The van der Waals surface area contributed by atoms with Crippen LogP contribution in [-0.2, 0) is 9.59 Å². The van der Waals surface area contributed by atoms with E-state index in [1.54, 1.807) is 11.8 Å². The third kappa shape index (κ3) is 2.20. The summed E-state index contributed by atoms with van der Waals surface area (Å²) in [5.74, 6) is 0.0144. The summed E-state index contributed by atoms with van der Waals surface area (Å²) >= 11 is 0. The Bertz CT molecular complexity index is 216. The highest BCUT2D eigenvalue weighted by Crippen LogP contribution is 2.10. The van der Waals surface area contributed by atoms with Gasteiger partial charge in [-0.1, -0.05) is 6.92 Å². The van der Waals surface area contributed by atoms with Crippen molar-refractivity contribution in [2.24, 2.45) is 0 Å². The topological polar surface area (TPSA) is 49.4 Å². The summed E-state index contributed by atoms with van der Waals surface area (Å²) in [7, 11) is 0. The van der Waals surface area contributed by atoms with Gasteiger partial charge in [0.05, 0.1) is 0 Å². The predicted octanol–water partition coefficient (Wildman–Crippen LogP) is 0.133. The van der Waals surface area contributed by atoms with Crippen molar-refractivity contribution in [1.82, 2.24) is 10.2 Å². The lowest BCUT2D eigenvalue weighted by molar-refractivity contribution is -0.132. The van der Waals surface area contributed by atoms with Crippen LogP contribution >= 0.6 is 0 Å². The van der Waals surface area contributed by atoms with E-state index in [9.17, 15) is 9.59 Å². The van der Waals surface area contributed by atoms with Crippen LogP contribution in [0.1, 0.15) is 26.7 Å². The minimum absolute atomic E-state index is 0.0451. The Kier molecular flexibility index (Phi) is 3.28. The SMILES string of the molecule is CCC(=O)NC1CCN(CC)C1=O. The van der Waals surface area contributed by atoms with Crippen LogP contribution in [0.4, 0.5) is 0 Å². The standard InChI is InChI=1S/C9H16N2O2/c1-3-8(12)10-7-5-6-11(4-2)9(7)13/h7H,3-6H2,1-2H3,(H,10,12). The number of hydrogen-bond donors (Lipinski definition) is 1. The number of nitrogens with one attached hydrogen (secondary N) is 1. The van der Waals surface area contributed by atoms with Crippen molar-refractivity contribution in [3.8, 4) is 0 Å². The maximum absolute atomic E-state index is 11.5. The van der Waals surface area contributed by atoms with E-state index in [1.807, 2.05) is 6.92 Å². The van der Waals surface area contributed by atoms with Crippen molar-refractivity contribution >= 4 is 11.8 Å². The lowest BCUT2D eigenvalue weighted by Gasteiger charge is -2.14. The fourth-order valence-corrected chi connectivity index (χ4v) is 1.48. The first-order chi connectivity index (χ1) is 6.19. The van der Waals surface area contributed by atoms with Crippen LogP contribution in [0.2, 0.25) is 0 Å². The number of amides is 2. The molecule has 1 N–H and O–H groups in total. The van der Waals surface area contributed by atoms with E-state index < -0.39 is 0 Å².